The molecule has 8 nitrogen and oxygen atoms in total. The highest BCUT2D eigenvalue weighted by molar-refractivity contribution is 6.31. The minimum absolute atomic E-state index is 0.00154. The van der Waals surface area contributed by atoms with Gasteiger partial charge in [0.25, 0.3) is 11.9 Å². The molecule has 2 heterocycles. The number of aliphatic imine (C=N–C) groups is 1. The summed E-state index contributed by atoms with van der Waals surface area (Å²) < 4.78 is 39.5. The van der Waals surface area contributed by atoms with Crippen molar-refractivity contribution < 1.29 is 23.0 Å². The smallest absolute Gasteiger partial charge is 0.283 e. The molecule has 1 unspecified atom stereocenters. The number of ether oxygens (including phenoxy) is 2. The van der Waals surface area contributed by atoms with E-state index in [0.29, 0.717) is 0 Å². The molecule has 0 aliphatic carbocycles. The van der Waals surface area contributed by atoms with Crippen molar-refractivity contribution in [3.8, 4) is 18.2 Å². The Morgan fingerprint density at radius 3 is 2.78 bits per heavy atom. The van der Waals surface area contributed by atoms with Crippen molar-refractivity contribution in [3.63, 3.8) is 0 Å². The number of amidine groups is 1. The van der Waals surface area contributed by atoms with Crippen LogP contribution in [0.1, 0.15) is 29.9 Å². The van der Waals surface area contributed by atoms with E-state index in [0.717, 1.165) is 6.07 Å². The molecule has 32 heavy (non-hydrogen) atoms. The van der Waals surface area contributed by atoms with Gasteiger partial charge in [0.1, 0.15) is 29.8 Å². The van der Waals surface area contributed by atoms with Gasteiger partial charge < -0.3 is 20.5 Å². The number of nitrogens with one attached hydrogen (secondary N) is 1. The molecule has 3 N–H and O–H groups in total. The Balaban J connectivity index is 1.94. The van der Waals surface area contributed by atoms with Crippen molar-refractivity contribution in [2.75, 3.05) is 18.6 Å². The summed E-state index contributed by atoms with van der Waals surface area (Å²) in [6, 6.07) is 2.13. The zero-order valence-corrected chi connectivity index (χ0v) is 18.0. The highest BCUT2D eigenvalue weighted by Crippen LogP contribution is 2.44. The average Bonchev–Trinajstić information content (AvgIpc) is 2.77. The number of amides is 1. The molecule has 0 bridgehead atoms. The van der Waals surface area contributed by atoms with Crippen molar-refractivity contribution in [2.45, 2.75) is 25.5 Å². The standard InChI is InChI=1S/C21H20ClF2N5O3/c1-4-5-31-17-9-26-16(8-27-17)19(30)28-13-6-14(18(22)15(24)7-13)21(10-23)11(2)12(3)32-20(25)29-21/h1,6-9,11-12H,5,10H2,2-3H3,(H2,25,29)(H,28,30)/t11-,12?,21-/m1/s1. The quantitative estimate of drug-likeness (QED) is 0.637. The Hall–Kier alpha value is -3.45. The number of halogens is 3. The molecule has 0 saturated heterocycles. The minimum atomic E-state index is -1.59. The monoisotopic (exact) mass is 463 g/mol. The Labute approximate surface area is 188 Å². The van der Waals surface area contributed by atoms with Gasteiger partial charge in [0.15, 0.2) is 6.61 Å². The van der Waals surface area contributed by atoms with E-state index >= 15 is 0 Å². The van der Waals surface area contributed by atoms with Gasteiger partial charge in [0, 0.05) is 17.2 Å². The zero-order chi connectivity index (χ0) is 23.5. The van der Waals surface area contributed by atoms with Crippen LogP contribution in [-0.4, -0.2) is 41.3 Å². The van der Waals surface area contributed by atoms with Crippen LogP contribution >= 0.6 is 11.6 Å². The van der Waals surface area contributed by atoms with Crippen LogP contribution in [0.25, 0.3) is 0 Å². The summed E-state index contributed by atoms with van der Waals surface area (Å²) in [5.41, 5.74) is 4.12. The first-order valence-electron chi connectivity index (χ1n) is 9.49. The molecule has 1 aromatic heterocycles. The van der Waals surface area contributed by atoms with Gasteiger partial charge in [-0.3, -0.25) is 4.79 Å². The average molecular weight is 464 g/mol. The molecule has 0 saturated carbocycles. The molecule has 0 radical (unpaired) electrons. The number of alkyl halides is 1. The molecule has 1 amide bonds. The Morgan fingerprint density at radius 1 is 1.41 bits per heavy atom. The highest BCUT2D eigenvalue weighted by atomic mass is 35.5. The summed E-state index contributed by atoms with van der Waals surface area (Å²) in [7, 11) is 0. The number of anilines is 1. The van der Waals surface area contributed by atoms with E-state index in [-0.39, 0.29) is 40.5 Å². The molecule has 1 aromatic carbocycles. The number of hydrogen-bond donors (Lipinski definition) is 2. The second kappa shape index (κ2) is 9.36. The largest absolute Gasteiger partial charge is 0.463 e. The lowest BCUT2D eigenvalue weighted by Crippen LogP contribution is -2.48. The van der Waals surface area contributed by atoms with Gasteiger partial charge in [0.05, 0.1) is 17.4 Å². The normalized spacial score (nSPS) is 22.3. The summed E-state index contributed by atoms with van der Waals surface area (Å²) >= 11 is 6.18. The van der Waals surface area contributed by atoms with Crippen LogP contribution in [0, 0.1) is 24.1 Å². The predicted octanol–water partition coefficient (Wildman–Crippen LogP) is 3.07. The lowest BCUT2D eigenvalue weighted by molar-refractivity contribution is 0.0510. The van der Waals surface area contributed by atoms with Gasteiger partial charge in [-0.2, -0.15) is 0 Å². The van der Waals surface area contributed by atoms with Crippen molar-refractivity contribution >= 4 is 29.2 Å². The Kier molecular flexibility index (Phi) is 6.79. The van der Waals surface area contributed by atoms with Crippen LogP contribution in [0.3, 0.4) is 0 Å². The first kappa shape index (κ1) is 23.2. The SMILES string of the molecule is C#CCOc1cnc(C(=O)Nc2cc(F)c(Cl)c([C@]3(CF)N=C(N)OC(C)[C@H]3C)c2)cn1. The van der Waals surface area contributed by atoms with Gasteiger partial charge in [-0.05, 0) is 19.1 Å². The highest BCUT2D eigenvalue weighted by Gasteiger charge is 2.47. The first-order valence-corrected chi connectivity index (χ1v) is 9.86. The second-order valence-corrected chi connectivity index (χ2v) is 7.50. The van der Waals surface area contributed by atoms with Gasteiger partial charge in [0.2, 0.25) is 5.88 Å². The van der Waals surface area contributed by atoms with Crippen LogP contribution in [-0.2, 0) is 10.3 Å². The van der Waals surface area contributed by atoms with Crippen molar-refractivity contribution in [2.24, 2.45) is 16.6 Å². The van der Waals surface area contributed by atoms with E-state index in [1.54, 1.807) is 13.8 Å². The van der Waals surface area contributed by atoms with Crippen LogP contribution in [0.2, 0.25) is 5.02 Å². The Morgan fingerprint density at radius 2 is 2.16 bits per heavy atom. The summed E-state index contributed by atoms with van der Waals surface area (Å²) in [6.45, 7) is 2.38. The number of hydrogen-bond acceptors (Lipinski definition) is 7. The summed E-state index contributed by atoms with van der Waals surface area (Å²) in [6.07, 6.45) is 6.99. The molecule has 0 fully saturated rings. The third-order valence-electron chi connectivity index (χ3n) is 5.19. The minimum Gasteiger partial charge on any atom is -0.463 e. The van der Waals surface area contributed by atoms with Crippen molar-refractivity contribution in [1.29, 1.82) is 0 Å². The molecule has 11 heteroatoms. The fraction of sp³-hybridized carbons (Fsp3) is 0.333. The zero-order valence-electron chi connectivity index (χ0n) is 17.2. The van der Waals surface area contributed by atoms with E-state index in [9.17, 15) is 13.6 Å². The number of aromatic nitrogens is 2. The lowest BCUT2D eigenvalue weighted by Gasteiger charge is -2.41. The van der Waals surface area contributed by atoms with E-state index < -0.39 is 36.0 Å². The maximum Gasteiger partial charge on any atom is 0.283 e. The maximum absolute atomic E-state index is 14.7. The molecule has 168 valence electrons. The van der Waals surface area contributed by atoms with Crippen LogP contribution in [0.4, 0.5) is 14.5 Å². The maximum atomic E-state index is 14.7. The number of rotatable bonds is 6. The van der Waals surface area contributed by atoms with Crippen LogP contribution < -0.4 is 15.8 Å². The number of nitrogens with two attached hydrogens (primary N) is 1. The van der Waals surface area contributed by atoms with E-state index in [1.807, 2.05) is 0 Å². The topological polar surface area (TPSA) is 112 Å². The molecule has 3 rings (SSSR count). The second-order valence-electron chi connectivity index (χ2n) is 7.13. The van der Waals surface area contributed by atoms with E-state index in [1.165, 1.54) is 18.5 Å². The predicted molar refractivity (Wildman–Crippen MR) is 115 cm³/mol. The van der Waals surface area contributed by atoms with Crippen LogP contribution in [0.5, 0.6) is 5.88 Å². The van der Waals surface area contributed by atoms with E-state index in [2.05, 4.69) is 26.2 Å². The van der Waals surface area contributed by atoms with Crippen molar-refractivity contribution in [1.82, 2.24) is 9.97 Å². The number of nitrogens with zero attached hydrogens (tertiary/aromatic N) is 3. The van der Waals surface area contributed by atoms with Gasteiger partial charge in [-0.15, -0.1) is 6.42 Å². The van der Waals surface area contributed by atoms with Gasteiger partial charge in [-0.25, -0.2) is 23.7 Å². The number of terminal acetylenes is 1. The summed E-state index contributed by atoms with van der Waals surface area (Å²) in [5.74, 6) is 0.335. The molecule has 2 aromatic rings. The van der Waals surface area contributed by atoms with Crippen LogP contribution in [0.15, 0.2) is 29.5 Å². The number of carbonyl (C=O) groups is 1. The van der Waals surface area contributed by atoms with E-state index in [4.69, 9.17) is 33.2 Å². The third-order valence-corrected chi connectivity index (χ3v) is 5.58. The summed E-state index contributed by atoms with van der Waals surface area (Å²) in [4.78, 5) is 24.5. The first-order chi connectivity index (χ1) is 15.2. The number of benzene rings is 1. The molecule has 3 atom stereocenters. The molecular weight excluding hydrogens is 444 g/mol. The molecule has 0 spiro atoms. The lowest BCUT2D eigenvalue weighted by atomic mass is 9.77. The summed E-state index contributed by atoms with van der Waals surface area (Å²) in [5, 5.41) is 2.17. The van der Waals surface area contributed by atoms with Crippen molar-refractivity contribution in [3.05, 3.63) is 46.6 Å². The molecule has 1 aliphatic rings. The fourth-order valence-corrected chi connectivity index (χ4v) is 3.60. The Bertz CT molecular complexity index is 1090. The number of carbonyl (C=O) groups excluding carboxylic acids is 1. The fourth-order valence-electron chi connectivity index (χ4n) is 3.33. The van der Waals surface area contributed by atoms with Gasteiger partial charge in [-0.1, -0.05) is 24.4 Å². The third kappa shape index (κ3) is 4.43. The molecular formula is C21H20ClF2N5O3. The van der Waals surface area contributed by atoms with Gasteiger partial charge >= 0.3 is 0 Å². The molecule has 1 aliphatic heterocycles.